The molecule has 2 rings (SSSR count). The summed E-state index contributed by atoms with van der Waals surface area (Å²) in [7, 11) is 0. The van der Waals surface area contributed by atoms with Crippen molar-refractivity contribution in [3.05, 3.63) is 53.1 Å². The number of ether oxygens (including phenoxy) is 1. The maximum atomic E-state index is 12.0. The van der Waals surface area contributed by atoms with Crippen LogP contribution in [-0.2, 0) is 4.79 Å². The first kappa shape index (κ1) is 19.3. The Bertz CT molecular complexity index is 829. The van der Waals surface area contributed by atoms with E-state index in [1.54, 1.807) is 6.92 Å². The highest BCUT2D eigenvalue weighted by molar-refractivity contribution is 6.01. The zero-order valence-corrected chi connectivity index (χ0v) is 15.4. The van der Waals surface area contributed by atoms with Gasteiger partial charge >= 0.3 is 0 Å². The zero-order chi connectivity index (χ0) is 19.3. The highest BCUT2D eigenvalue weighted by Crippen LogP contribution is 2.27. The molecule has 0 heterocycles. The average Bonchev–Trinajstić information content (AvgIpc) is 2.59. The van der Waals surface area contributed by atoms with Gasteiger partial charge in [-0.25, -0.2) is 5.43 Å². The van der Waals surface area contributed by atoms with Crippen molar-refractivity contribution >= 4 is 11.6 Å². The Morgan fingerprint density at radius 2 is 1.92 bits per heavy atom. The summed E-state index contributed by atoms with van der Waals surface area (Å²) < 4.78 is 5.65. The van der Waals surface area contributed by atoms with Crippen LogP contribution in [0.2, 0.25) is 0 Å². The number of phenols is 2. The van der Waals surface area contributed by atoms with Gasteiger partial charge in [-0.05, 0) is 55.2 Å². The molecule has 0 fully saturated rings. The topological polar surface area (TPSA) is 91.2 Å². The van der Waals surface area contributed by atoms with E-state index in [4.69, 9.17) is 4.74 Å². The fraction of sp³-hybridized carbons (Fsp3) is 0.300. The second-order valence-corrected chi connectivity index (χ2v) is 6.42. The maximum absolute atomic E-state index is 12.0. The van der Waals surface area contributed by atoms with Crippen LogP contribution in [0.25, 0.3) is 0 Å². The number of nitrogens with one attached hydrogen (secondary N) is 1. The van der Waals surface area contributed by atoms with E-state index in [9.17, 15) is 15.0 Å². The van der Waals surface area contributed by atoms with Gasteiger partial charge in [-0.3, -0.25) is 4.79 Å². The Hall–Kier alpha value is -3.02. The van der Waals surface area contributed by atoms with Crippen LogP contribution in [0.4, 0.5) is 0 Å². The Morgan fingerprint density at radius 1 is 1.19 bits per heavy atom. The minimum atomic E-state index is -0.416. The fourth-order valence-electron chi connectivity index (χ4n) is 2.44. The van der Waals surface area contributed by atoms with Gasteiger partial charge in [0.15, 0.2) is 6.61 Å². The summed E-state index contributed by atoms with van der Waals surface area (Å²) in [5.74, 6) is 0.517. The molecule has 0 spiro atoms. The predicted octanol–water partition coefficient (Wildman–Crippen LogP) is 3.45. The molecule has 0 aliphatic carbocycles. The molecule has 0 aliphatic rings. The van der Waals surface area contributed by atoms with E-state index < -0.39 is 5.91 Å². The normalized spacial score (nSPS) is 11.5. The van der Waals surface area contributed by atoms with E-state index in [1.807, 2.05) is 25.1 Å². The second-order valence-electron chi connectivity index (χ2n) is 6.42. The molecular weight excluding hydrogens is 332 g/mol. The van der Waals surface area contributed by atoms with Crippen LogP contribution in [0, 0.1) is 6.92 Å². The summed E-state index contributed by atoms with van der Waals surface area (Å²) in [5, 5.41) is 23.2. The lowest BCUT2D eigenvalue weighted by Gasteiger charge is -2.14. The maximum Gasteiger partial charge on any atom is 0.277 e. The Morgan fingerprint density at radius 3 is 2.62 bits per heavy atom. The summed E-state index contributed by atoms with van der Waals surface area (Å²) in [6.45, 7) is 7.53. The zero-order valence-electron chi connectivity index (χ0n) is 15.4. The Labute approximate surface area is 153 Å². The molecule has 0 saturated carbocycles. The van der Waals surface area contributed by atoms with Gasteiger partial charge in [0, 0.05) is 5.56 Å². The molecular formula is C20H24N2O4. The summed E-state index contributed by atoms with van der Waals surface area (Å²) in [4.78, 5) is 12.0. The van der Waals surface area contributed by atoms with Crippen molar-refractivity contribution in [1.82, 2.24) is 5.43 Å². The third-order valence-corrected chi connectivity index (χ3v) is 3.87. The summed E-state index contributed by atoms with van der Waals surface area (Å²) in [6, 6.07) is 10.0. The minimum Gasteiger partial charge on any atom is -0.508 e. The fourth-order valence-corrected chi connectivity index (χ4v) is 2.44. The van der Waals surface area contributed by atoms with Gasteiger partial charge in [0.1, 0.15) is 17.2 Å². The van der Waals surface area contributed by atoms with Gasteiger partial charge in [0.25, 0.3) is 5.91 Å². The monoisotopic (exact) mass is 356 g/mol. The van der Waals surface area contributed by atoms with Crippen LogP contribution >= 0.6 is 0 Å². The highest BCUT2D eigenvalue weighted by atomic mass is 16.5. The lowest BCUT2D eigenvalue weighted by atomic mass is 10.0. The molecule has 0 aliphatic heterocycles. The third kappa shape index (κ3) is 4.99. The van der Waals surface area contributed by atoms with Gasteiger partial charge in [-0.2, -0.15) is 5.10 Å². The summed E-state index contributed by atoms with van der Waals surface area (Å²) in [5.41, 5.74) is 5.19. The number of amides is 1. The molecule has 2 aromatic carbocycles. The van der Waals surface area contributed by atoms with Crippen LogP contribution < -0.4 is 10.2 Å². The molecule has 0 aromatic heterocycles. The first-order valence-electron chi connectivity index (χ1n) is 8.36. The van der Waals surface area contributed by atoms with Gasteiger partial charge in [0.2, 0.25) is 0 Å². The van der Waals surface area contributed by atoms with Crippen LogP contribution in [-0.4, -0.2) is 28.4 Å². The Kier molecular flexibility index (Phi) is 6.22. The number of hydrazone groups is 1. The van der Waals surface area contributed by atoms with E-state index in [0.717, 1.165) is 11.1 Å². The number of hydrogen-bond donors (Lipinski definition) is 3. The molecule has 2 aromatic rings. The highest BCUT2D eigenvalue weighted by Gasteiger charge is 2.11. The standard InChI is InChI=1S/C20H24N2O4/c1-12(2)16-7-5-13(3)9-19(16)26-11-20(25)22-21-14(4)17-10-15(23)6-8-18(17)24/h5-10,12,23-24H,11H2,1-4H3,(H,22,25)/b21-14-. The van der Waals surface area contributed by atoms with Crippen molar-refractivity contribution in [2.75, 3.05) is 6.61 Å². The first-order chi connectivity index (χ1) is 12.3. The van der Waals surface area contributed by atoms with Crippen LogP contribution in [0.5, 0.6) is 17.2 Å². The SMILES string of the molecule is C/C(=N/NC(=O)COc1cc(C)ccc1C(C)C)c1cc(O)ccc1O. The molecule has 0 unspecified atom stereocenters. The number of benzene rings is 2. The van der Waals surface area contributed by atoms with Crippen molar-refractivity contribution < 1.29 is 19.7 Å². The lowest BCUT2D eigenvalue weighted by molar-refractivity contribution is -0.123. The molecule has 3 N–H and O–H groups in total. The predicted molar refractivity (Wildman–Crippen MR) is 101 cm³/mol. The smallest absolute Gasteiger partial charge is 0.277 e. The molecule has 0 saturated heterocycles. The van der Waals surface area contributed by atoms with E-state index in [-0.39, 0.29) is 24.0 Å². The summed E-state index contributed by atoms with van der Waals surface area (Å²) in [6.07, 6.45) is 0. The summed E-state index contributed by atoms with van der Waals surface area (Å²) >= 11 is 0. The molecule has 26 heavy (non-hydrogen) atoms. The quantitative estimate of drug-likeness (QED) is 0.420. The molecule has 0 atom stereocenters. The molecule has 0 radical (unpaired) electrons. The van der Waals surface area contributed by atoms with E-state index in [2.05, 4.69) is 24.4 Å². The first-order valence-corrected chi connectivity index (χ1v) is 8.36. The number of aryl methyl sites for hydroxylation is 1. The average molecular weight is 356 g/mol. The largest absolute Gasteiger partial charge is 0.508 e. The van der Waals surface area contributed by atoms with Crippen molar-refractivity contribution in [3.63, 3.8) is 0 Å². The minimum absolute atomic E-state index is 0.00247. The van der Waals surface area contributed by atoms with E-state index in [1.165, 1.54) is 18.2 Å². The third-order valence-electron chi connectivity index (χ3n) is 3.87. The van der Waals surface area contributed by atoms with Crippen molar-refractivity contribution in [2.45, 2.75) is 33.6 Å². The number of hydrogen-bond acceptors (Lipinski definition) is 5. The molecule has 6 nitrogen and oxygen atoms in total. The number of carbonyl (C=O) groups is 1. The second kappa shape index (κ2) is 8.38. The number of aromatic hydroxyl groups is 2. The van der Waals surface area contributed by atoms with Crippen molar-refractivity contribution in [2.24, 2.45) is 5.10 Å². The molecule has 0 bridgehead atoms. The number of rotatable bonds is 6. The van der Waals surface area contributed by atoms with Gasteiger partial charge in [0.05, 0.1) is 5.71 Å². The van der Waals surface area contributed by atoms with Crippen LogP contribution in [0.1, 0.15) is 43.4 Å². The van der Waals surface area contributed by atoms with Gasteiger partial charge < -0.3 is 14.9 Å². The number of nitrogens with zero attached hydrogens (tertiary/aromatic N) is 1. The number of phenolic OH excluding ortho intramolecular Hbond substituents is 2. The number of carbonyl (C=O) groups excluding carboxylic acids is 1. The molecule has 138 valence electrons. The Balaban J connectivity index is 2.01. The van der Waals surface area contributed by atoms with E-state index >= 15 is 0 Å². The van der Waals surface area contributed by atoms with E-state index in [0.29, 0.717) is 17.0 Å². The molecule has 6 heteroatoms. The molecule has 1 amide bonds. The van der Waals surface area contributed by atoms with Crippen molar-refractivity contribution in [1.29, 1.82) is 0 Å². The van der Waals surface area contributed by atoms with Crippen molar-refractivity contribution in [3.8, 4) is 17.2 Å². The van der Waals surface area contributed by atoms with Gasteiger partial charge in [-0.1, -0.05) is 26.0 Å². The van der Waals surface area contributed by atoms with Crippen LogP contribution in [0.3, 0.4) is 0 Å². The lowest BCUT2D eigenvalue weighted by Crippen LogP contribution is -2.26. The van der Waals surface area contributed by atoms with Crippen LogP contribution in [0.15, 0.2) is 41.5 Å². The van der Waals surface area contributed by atoms with Gasteiger partial charge in [-0.15, -0.1) is 0 Å².